The number of hydrogen-bond acceptors (Lipinski definition) is 4. The summed E-state index contributed by atoms with van der Waals surface area (Å²) in [5.74, 6) is 0.465. The van der Waals surface area contributed by atoms with Gasteiger partial charge in [-0.05, 0) is 29.8 Å². The first-order valence-electron chi connectivity index (χ1n) is 8.24. The standard InChI is InChI=1S/C20H19FN2O2S/c1-25-18-7-5-14(6-8-18)11-19(24)22-10-9-17-13-26-20(23-17)15-3-2-4-16(21)12-15/h2-8,12-13H,9-11H2,1H3,(H,22,24). The van der Waals surface area contributed by atoms with Gasteiger partial charge in [-0.3, -0.25) is 4.79 Å². The fourth-order valence-electron chi connectivity index (χ4n) is 2.50. The maximum Gasteiger partial charge on any atom is 0.224 e. The van der Waals surface area contributed by atoms with Crippen molar-refractivity contribution in [2.75, 3.05) is 13.7 Å². The molecule has 0 atom stereocenters. The summed E-state index contributed by atoms with van der Waals surface area (Å²) < 4.78 is 18.4. The summed E-state index contributed by atoms with van der Waals surface area (Å²) in [6, 6.07) is 13.8. The molecule has 0 aliphatic rings. The fraction of sp³-hybridized carbons (Fsp3) is 0.200. The zero-order valence-corrected chi connectivity index (χ0v) is 15.2. The molecule has 1 aromatic heterocycles. The summed E-state index contributed by atoms with van der Waals surface area (Å²) in [5.41, 5.74) is 2.59. The van der Waals surface area contributed by atoms with Crippen LogP contribution in [0.2, 0.25) is 0 Å². The summed E-state index contributed by atoms with van der Waals surface area (Å²) >= 11 is 1.47. The van der Waals surface area contributed by atoms with E-state index in [-0.39, 0.29) is 11.7 Å². The number of carbonyl (C=O) groups is 1. The Bertz CT molecular complexity index is 878. The predicted molar refractivity (Wildman–Crippen MR) is 101 cm³/mol. The average molecular weight is 370 g/mol. The molecule has 0 radical (unpaired) electrons. The third-order valence-electron chi connectivity index (χ3n) is 3.85. The summed E-state index contributed by atoms with van der Waals surface area (Å²) in [6.45, 7) is 0.515. The molecule has 2 aromatic carbocycles. The monoisotopic (exact) mass is 370 g/mol. The molecule has 0 fully saturated rings. The van der Waals surface area contributed by atoms with Gasteiger partial charge in [-0.2, -0.15) is 0 Å². The lowest BCUT2D eigenvalue weighted by Crippen LogP contribution is -2.27. The van der Waals surface area contributed by atoms with Gasteiger partial charge in [0.25, 0.3) is 0 Å². The van der Waals surface area contributed by atoms with Crippen LogP contribution in [0.4, 0.5) is 4.39 Å². The minimum Gasteiger partial charge on any atom is -0.497 e. The Hall–Kier alpha value is -2.73. The van der Waals surface area contributed by atoms with Crippen molar-refractivity contribution < 1.29 is 13.9 Å². The number of methoxy groups -OCH3 is 1. The summed E-state index contributed by atoms with van der Waals surface area (Å²) in [5, 5.41) is 5.62. The van der Waals surface area contributed by atoms with Crippen molar-refractivity contribution in [1.82, 2.24) is 10.3 Å². The highest BCUT2D eigenvalue weighted by atomic mass is 32.1. The van der Waals surface area contributed by atoms with Crippen LogP contribution in [0.25, 0.3) is 10.6 Å². The quantitative estimate of drug-likeness (QED) is 0.687. The number of nitrogens with one attached hydrogen (secondary N) is 1. The van der Waals surface area contributed by atoms with E-state index in [1.165, 1.54) is 23.5 Å². The maximum absolute atomic E-state index is 13.3. The molecule has 6 heteroatoms. The van der Waals surface area contributed by atoms with Crippen LogP contribution < -0.4 is 10.1 Å². The van der Waals surface area contributed by atoms with Crippen LogP contribution in [-0.4, -0.2) is 24.5 Å². The van der Waals surface area contributed by atoms with Crippen LogP contribution in [-0.2, 0) is 17.6 Å². The van der Waals surface area contributed by atoms with Gasteiger partial charge < -0.3 is 10.1 Å². The van der Waals surface area contributed by atoms with Crippen molar-refractivity contribution in [2.24, 2.45) is 0 Å². The van der Waals surface area contributed by atoms with Crippen LogP contribution in [0.15, 0.2) is 53.9 Å². The van der Waals surface area contributed by atoms with Gasteiger partial charge >= 0.3 is 0 Å². The molecule has 1 N–H and O–H groups in total. The van der Waals surface area contributed by atoms with Gasteiger partial charge in [0.15, 0.2) is 0 Å². The Balaban J connectivity index is 1.48. The number of amides is 1. The minimum absolute atomic E-state index is 0.0317. The molecular formula is C20H19FN2O2S. The van der Waals surface area contributed by atoms with E-state index in [0.29, 0.717) is 19.4 Å². The summed E-state index contributed by atoms with van der Waals surface area (Å²) in [6.07, 6.45) is 0.968. The number of halogens is 1. The van der Waals surface area contributed by atoms with Gasteiger partial charge in [0, 0.05) is 23.9 Å². The molecule has 4 nitrogen and oxygen atoms in total. The van der Waals surface area contributed by atoms with Crippen LogP contribution >= 0.6 is 11.3 Å². The molecule has 0 unspecified atom stereocenters. The van der Waals surface area contributed by atoms with Gasteiger partial charge in [0.2, 0.25) is 5.91 Å². The topological polar surface area (TPSA) is 51.2 Å². The van der Waals surface area contributed by atoms with Gasteiger partial charge in [-0.25, -0.2) is 9.37 Å². The molecule has 0 spiro atoms. The van der Waals surface area contributed by atoms with Gasteiger partial charge in [0.1, 0.15) is 16.6 Å². The molecule has 0 aliphatic carbocycles. The first kappa shape index (κ1) is 18.1. The van der Waals surface area contributed by atoms with E-state index in [1.807, 2.05) is 35.7 Å². The summed E-state index contributed by atoms with van der Waals surface area (Å²) in [4.78, 5) is 16.5. The van der Waals surface area contributed by atoms with E-state index in [9.17, 15) is 9.18 Å². The van der Waals surface area contributed by atoms with Crippen molar-refractivity contribution in [2.45, 2.75) is 12.8 Å². The van der Waals surface area contributed by atoms with E-state index in [0.717, 1.165) is 27.6 Å². The number of aromatic nitrogens is 1. The highest BCUT2D eigenvalue weighted by Crippen LogP contribution is 2.24. The first-order valence-corrected chi connectivity index (χ1v) is 9.12. The molecule has 0 saturated heterocycles. The lowest BCUT2D eigenvalue weighted by Gasteiger charge is -2.05. The molecule has 0 saturated carbocycles. The Labute approximate surface area is 155 Å². The number of thiazole rings is 1. The number of rotatable bonds is 7. The number of ether oxygens (including phenoxy) is 1. The van der Waals surface area contributed by atoms with Gasteiger partial charge in [-0.15, -0.1) is 11.3 Å². The fourth-order valence-corrected chi connectivity index (χ4v) is 3.35. The molecule has 134 valence electrons. The maximum atomic E-state index is 13.3. The Kier molecular flexibility index (Phi) is 5.96. The van der Waals surface area contributed by atoms with Crippen LogP contribution in [0, 0.1) is 5.82 Å². The normalized spacial score (nSPS) is 10.5. The van der Waals surface area contributed by atoms with E-state index in [4.69, 9.17) is 4.74 Å². The Morgan fingerprint density at radius 3 is 2.77 bits per heavy atom. The highest BCUT2D eigenvalue weighted by molar-refractivity contribution is 7.13. The SMILES string of the molecule is COc1ccc(CC(=O)NCCc2csc(-c3cccc(F)c3)n2)cc1. The number of hydrogen-bond donors (Lipinski definition) is 1. The third-order valence-corrected chi connectivity index (χ3v) is 4.79. The minimum atomic E-state index is -0.273. The van der Waals surface area contributed by atoms with Crippen molar-refractivity contribution in [3.63, 3.8) is 0 Å². The molecular weight excluding hydrogens is 351 g/mol. The number of benzene rings is 2. The van der Waals surface area contributed by atoms with E-state index in [2.05, 4.69) is 10.3 Å². The highest BCUT2D eigenvalue weighted by Gasteiger charge is 2.07. The van der Waals surface area contributed by atoms with Crippen molar-refractivity contribution in [3.8, 4) is 16.3 Å². The molecule has 0 bridgehead atoms. The number of nitrogens with zero attached hydrogens (tertiary/aromatic N) is 1. The molecule has 1 amide bonds. The second kappa shape index (κ2) is 8.58. The molecule has 1 heterocycles. The van der Waals surface area contributed by atoms with Crippen molar-refractivity contribution in [1.29, 1.82) is 0 Å². The van der Waals surface area contributed by atoms with Crippen LogP contribution in [0.5, 0.6) is 5.75 Å². The third kappa shape index (κ3) is 4.89. The average Bonchev–Trinajstić information content (AvgIpc) is 3.11. The zero-order valence-electron chi connectivity index (χ0n) is 14.4. The predicted octanol–water partition coefficient (Wildman–Crippen LogP) is 3.86. The lowest BCUT2D eigenvalue weighted by molar-refractivity contribution is -0.120. The van der Waals surface area contributed by atoms with Gasteiger partial charge in [-0.1, -0.05) is 24.3 Å². The smallest absolute Gasteiger partial charge is 0.224 e. The number of carbonyl (C=O) groups excluding carboxylic acids is 1. The van der Waals surface area contributed by atoms with Gasteiger partial charge in [0.05, 0.1) is 19.2 Å². The molecule has 0 aliphatic heterocycles. The van der Waals surface area contributed by atoms with E-state index >= 15 is 0 Å². The van der Waals surface area contributed by atoms with E-state index < -0.39 is 0 Å². The van der Waals surface area contributed by atoms with Crippen molar-refractivity contribution in [3.05, 3.63) is 71.0 Å². The lowest BCUT2D eigenvalue weighted by atomic mass is 10.1. The van der Waals surface area contributed by atoms with Crippen LogP contribution in [0.1, 0.15) is 11.3 Å². The second-order valence-corrected chi connectivity index (χ2v) is 6.64. The Morgan fingerprint density at radius 2 is 2.04 bits per heavy atom. The largest absolute Gasteiger partial charge is 0.497 e. The van der Waals surface area contributed by atoms with Crippen molar-refractivity contribution >= 4 is 17.2 Å². The van der Waals surface area contributed by atoms with Crippen LogP contribution in [0.3, 0.4) is 0 Å². The van der Waals surface area contributed by atoms with E-state index in [1.54, 1.807) is 13.2 Å². The first-order chi connectivity index (χ1) is 12.6. The summed E-state index contributed by atoms with van der Waals surface area (Å²) in [7, 11) is 1.61. The molecule has 3 aromatic rings. The zero-order chi connectivity index (χ0) is 18.4. The Morgan fingerprint density at radius 1 is 1.23 bits per heavy atom. The molecule has 3 rings (SSSR count). The second-order valence-electron chi connectivity index (χ2n) is 5.78. The molecule has 26 heavy (non-hydrogen) atoms.